The molecule has 8 heteroatoms. The molecule has 0 unspecified atom stereocenters. The van der Waals surface area contributed by atoms with E-state index in [1.807, 2.05) is 17.5 Å². The van der Waals surface area contributed by atoms with Crippen LogP contribution >= 0.6 is 50.2 Å². The lowest BCUT2D eigenvalue weighted by atomic mass is 10.5. The molecule has 2 rings (SSSR count). The topological polar surface area (TPSA) is 46.2 Å². The molecule has 2 aromatic heterocycles. The molecule has 0 atom stereocenters. The summed E-state index contributed by atoms with van der Waals surface area (Å²) in [6.07, 6.45) is 0. The summed E-state index contributed by atoms with van der Waals surface area (Å²) in [4.78, 5) is 0.968. The molecule has 0 radical (unpaired) electrons. The molecule has 0 aromatic carbocycles. The first-order valence-electron chi connectivity index (χ1n) is 4.46. The molecule has 0 aliphatic carbocycles. The first-order chi connectivity index (χ1) is 7.99. The molecule has 0 bridgehead atoms. The zero-order chi connectivity index (χ0) is 12.5. The van der Waals surface area contributed by atoms with Crippen LogP contribution in [0.3, 0.4) is 0 Å². The second-order valence-corrected chi connectivity index (χ2v) is 8.89. The predicted octanol–water partition coefficient (Wildman–Crippen LogP) is 3.70. The van der Waals surface area contributed by atoms with Crippen LogP contribution in [-0.2, 0) is 16.6 Å². The van der Waals surface area contributed by atoms with Crippen molar-refractivity contribution in [2.24, 2.45) is 0 Å². The van der Waals surface area contributed by atoms with E-state index in [1.54, 1.807) is 0 Å². The summed E-state index contributed by atoms with van der Waals surface area (Å²) in [7, 11) is -3.48. The summed E-state index contributed by atoms with van der Waals surface area (Å²) in [6.45, 7) is 0.299. The van der Waals surface area contributed by atoms with Crippen LogP contribution in [0.1, 0.15) is 4.88 Å². The number of sulfonamides is 1. The molecule has 0 saturated heterocycles. The third kappa shape index (κ3) is 3.30. The molecule has 0 spiro atoms. The van der Waals surface area contributed by atoms with Gasteiger partial charge in [-0.15, -0.1) is 22.7 Å². The quantitative estimate of drug-likeness (QED) is 0.889. The lowest BCUT2D eigenvalue weighted by molar-refractivity contribution is 0.584. The van der Waals surface area contributed by atoms with Crippen LogP contribution in [0.25, 0.3) is 0 Å². The average Bonchev–Trinajstić information content (AvgIpc) is 2.87. The molecule has 0 aliphatic heterocycles. The van der Waals surface area contributed by atoms with Crippen molar-refractivity contribution in [3.63, 3.8) is 0 Å². The minimum atomic E-state index is -3.48. The molecule has 0 aliphatic rings. The molecule has 0 fully saturated rings. The first-order valence-corrected chi connectivity index (χ1v) is 8.81. The monoisotopic (exact) mass is 371 g/mol. The fourth-order valence-electron chi connectivity index (χ4n) is 1.11. The van der Waals surface area contributed by atoms with E-state index in [9.17, 15) is 8.42 Å². The van der Waals surface area contributed by atoms with Crippen molar-refractivity contribution in [1.82, 2.24) is 4.72 Å². The summed E-state index contributed by atoms with van der Waals surface area (Å²) < 4.78 is 27.2. The Kier molecular flexibility index (Phi) is 4.27. The molecule has 92 valence electrons. The standard InChI is InChI=1S/C9H7BrClNO2S3/c10-9-7(11)4-8(16-9)17(13,14)12-5-6-2-1-3-15-6/h1-4,12H,5H2. The largest absolute Gasteiger partial charge is 0.250 e. The van der Waals surface area contributed by atoms with Gasteiger partial charge in [-0.25, -0.2) is 13.1 Å². The highest BCUT2D eigenvalue weighted by molar-refractivity contribution is 9.11. The zero-order valence-electron chi connectivity index (χ0n) is 8.31. The minimum Gasteiger partial charge on any atom is -0.206 e. The van der Waals surface area contributed by atoms with E-state index >= 15 is 0 Å². The average molecular weight is 373 g/mol. The van der Waals surface area contributed by atoms with E-state index in [4.69, 9.17) is 11.6 Å². The van der Waals surface area contributed by atoms with Gasteiger partial charge in [0.2, 0.25) is 10.0 Å². The normalized spacial score (nSPS) is 11.9. The Labute approximate surface area is 121 Å². The first kappa shape index (κ1) is 13.5. The predicted molar refractivity (Wildman–Crippen MR) is 75.4 cm³/mol. The number of thiophene rings is 2. The summed E-state index contributed by atoms with van der Waals surface area (Å²) >= 11 is 11.6. The van der Waals surface area contributed by atoms with Gasteiger partial charge in [-0.05, 0) is 33.4 Å². The highest BCUT2D eigenvalue weighted by Crippen LogP contribution is 2.34. The zero-order valence-corrected chi connectivity index (χ0v) is 13.1. The van der Waals surface area contributed by atoms with E-state index in [1.165, 1.54) is 17.4 Å². The Morgan fingerprint density at radius 1 is 1.47 bits per heavy atom. The summed E-state index contributed by atoms with van der Waals surface area (Å²) in [5.74, 6) is 0. The Bertz CT molecular complexity index is 587. The Balaban J connectivity index is 2.14. The molecule has 2 aromatic rings. The highest BCUT2D eigenvalue weighted by Gasteiger charge is 2.18. The second kappa shape index (κ2) is 5.38. The van der Waals surface area contributed by atoms with Gasteiger partial charge in [0.15, 0.2) is 0 Å². The van der Waals surface area contributed by atoms with Crippen molar-refractivity contribution in [3.8, 4) is 0 Å². The van der Waals surface area contributed by atoms with Gasteiger partial charge in [-0.3, -0.25) is 0 Å². The Morgan fingerprint density at radius 3 is 2.76 bits per heavy atom. The van der Waals surface area contributed by atoms with Gasteiger partial charge in [-0.1, -0.05) is 17.7 Å². The van der Waals surface area contributed by atoms with Crippen molar-refractivity contribution >= 4 is 60.2 Å². The van der Waals surface area contributed by atoms with Crippen LogP contribution in [0.5, 0.6) is 0 Å². The van der Waals surface area contributed by atoms with E-state index < -0.39 is 10.0 Å². The lowest BCUT2D eigenvalue weighted by Gasteiger charge is -2.02. The van der Waals surface area contributed by atoms with Gasteiger partial charge < -0.3 is 0 Å². The maximum Gasteiger partial charge on any atom is 0.250 e. The van der Waals surface area contributed by atoms with Crippen LogP contribution in [0.2, 0.25) is 5.02 Å². The highest BCUT2D eigenvalue weighted by atomic mass is 79.9. The molecule has 1 N–H and O–H groups in total. The van der Waals surface area contributed by atoms with E-state index in [0.717, 1.165) is 16.2 Å². The second-order valence-electron chi connectivity index (χ2n) is 3.09. The van der Waals surface area contributed by atoms with Crippen molar-refractivity contribution in [3.05, 3.63) is 37.3 Å². The number of hydrogen-bond donors (Lipinski definition) is 1. The van der Waals surface area contributed by atoms with E-state index in [-0.39, 0.29) is 4.21 Å². The molecule has 17 heavy (non-hydrogen) atoms. The van der Waals surface area contributed by atoms with Crippen molar-refractivity contribution in [1.29, 1.82) is 0 Å². The van der Waals surface area contributed by atoms with Crippen LogP contribution < -0.4 is 4.72 Å². The third-order valence-corrected chi connectivity index (χ3v) is 7.13. The van der Waals surface area contributed by atoms with Crippen LogP contribution in [0.15, 0.2) is 31.6 Å². The number of hydrogen-bond acceptors (Lipinski definition) is 4. The molecule has 0 amide bonds. The van der Waals surface area contributed by atoms with Crippen molar-refractivity contribution < 1.29 is 8.42 Å². The van der Waals surface area contributed by atoms with Crippen LogP contribution in [0.4, 0.5) is 0 Å². The minimum absolute atomic E-state index is 0.214. The van der Waals surface area contributed by atoms with Crippen LogP contribution in [-0.4, -0.2) is 8.42 Å². The number of nitrogens with one attached hydrogen (secondary N) is 1. The van der Waals surface area contributed by atoms with Gasteiger partial charge in [0.1, 0.15) is 4.21 Å². The summed E-state index contributed by atoms with van der Waals surface area (Å²) in [6, 6.07) is 5.20. The molecule has 3 nitrogen and oxygen atoms in total. The molecular formula is C9H7BrClNO2S3. The van der Waals surface area contributed by atoms with Crippen molar-refractivity contribution in [2.45, 2.75) is 10.8 Å². The molecule has 0 saturated carbocycles. The summed E-state index contributed by atoms with van der Waals surface area (Å²) in [5.41, 5.74) is 0. The van der Waals surface area contributed by atoms with Crippen molar-refractivity contribution in [2.75, 3.05) is 0 Å². The van der Waals surface area contributed by atoms with E-state index in [0.29, 0.717) is 15.4 Å². The van der Waals surface area contributed by atoms with Gasteiger partial charge >= 0.3 is 0 Å². The van der Waals surface area contributed by atoms with Gasteiger partial charge in [0.25, 0.3) is 0 Å². The number of rotatable bonds is 4. The van der Waals surface area contributed by atoms with Gasteiger partial charge in [0, 0.05) is 11.4 Å². The fraction of sp³-hybridized carbons (Fsp3) is 0.111. The molecule has 2 heterocycles. The smallest absolute Gasteiger partial charge is 0.206 e. The SMILES string of the molecule is O=S(=O)(NCc1cccs1)c1cc(Cl)c(Br)s1. The summed E-state index contributed by atoms with van der Waals surface area (Å²) in [5, 5.41) is 2.31. The maximum absolute atomic E-state index is 11.9. The van der Waals surface area contributed by atoms with Gasteiger partial charge in [0.05, 0.1) is 8.81 Å². The lowest BCUT2D eigenvalue weighted by Crippen LogP contribution is -2.21. The Hall–Kier alpha value is 0.0800. The van der Waals surface area contributed by atoms with Gasteiger partial charge in [-0.2, -0.15) is 0 Å². The maximum atomic E-state index is 11.9. The fourth-order valence-corrected chi connectivity index (χ4v) is 5.30. The third-order valence-electron chi connectivity index (χ3n) is 1.90. The number of halogens is 2. The van der Waals surface area contributed by atoms with E-state index in [2.05, 4.69) is 20.7 Å². The van der Waals surface area contributed by atoms with Crippen LogP contribution in [0, 0.1) is 0 Å². The molecular weight excluding hydrogens is 366 g/mol. The Morgan fingerprint density at radius 2 is 2.24 bits per heavy atom.